The number of aryl methyl sites for hydroxylation is 1. The molecule has 0 saturated heterocycles. The zero-order valence-corrected chi connectivity index (χ0v) is 19.6. The summed E-state index contributed by atoms with van der Waals surface area (Å²) < 4.78 is 25.2. The highest BCUT2D eigenvalue weighted by Crippen LogP contribution is 2.23. The number of nitrogens with one attached hydrogen (secondary N) is 2. The molecular weight excluding hydrogens is 404 g/mol. The molecule has 0 saturated carbocycles. The molecule has 2 aromatic rings. The third-order valence-corrected chi connectivity index (χ3v) is 7.04. The Hall–Kier alpha value is -1.93. The largest absolute Gasteiger partial charge is 0.357 e. The van der Waals surface area contributed by atoms with Crippen LogP contribution in [0.4, 0.5) is 0 Å². The number of rotatable bonds is 8. The number of thiazole rings is 1. The molecule has 0 fully saturated rings. The van der Waals surface area contributed by atoms with Gasteiger partial charge in [0.1, 0.15) is 0 Å². The van der Waals surface area contributed by atoms with E-state index in [1.807, 2.05) is 32.2 Å². The van der Waals surface area contributed by atoms with Gasteiger partial charge in [-0.15, -0.1) is 11.3 Å². The molecule has 160 valence electrons. The predicted molar refractivity (Wildman–Crippen MR) is 122 cm³/mol. The lowest BCUT2D eigenvalue weighted by atomic mass is 9.87. The maximum absolute atomic E-state index is 12.6. The van der Waals surface area contributed by atoms with Gasteiger partial charge in [-0.25, -0.2) is 13.4 Å². The molecule has 2 N–H and O–H groups in total. The monoisotopic (exact) mass is 436 g/mol. The summed E-state index contributed by atoms with van der Waals surface area (Å²) in [4.78, 5) is 10.3. The number of aliphatic imine (C=N–C) groups is 1. The maximum atomic E-state index is 12.6. The molecule has 8 heteroatoms. The Kier molecular flexibility index (Phi) is 8.22. The van der Waals surface area contributed by atoms with Crippen molar-refractivity contribution in [2.45, 2.75) is 51.3 Å². The van der Waals surface area contributed by atoms with E-state index >= 15 is 0 Å². The molecule has 2 rings (SSSR count). The van der Waals surface area contributed by atoms with Crippen molar-refractivity contribution in [2.24, 2.45) is 4.99 Å². The van der Waals surface area contributed by atoms with E-state index in [4.69, 9.17) is 0 Å². The fourth-order valence-corrected chi connectivity index (χ4v) is 4.61. The molecule has 1 aromatic heterocycles. The Labute approximate surface area is 178 Å². The minimum atomic E-state index is -3.36. The minimum absolute atomic E-state index is 0.00366. The van der Waals surface area contributed by atoms with Crippen molar-refractivity contribution in [3.63, 3.8) is 0 Å². The minimum Gasteiger partial charge on any atom is -0.357 e. The van der Waals surface area contributed by atoms with E-state index < -0.39 is 9.84 Å². The number of nitrogens with zero attached hydrogens (tertiary/aromatic N) is 2. The highest BCUT2D eigenvalue weighted by Gasteiger charge is 2.17. The molecule has 0 aliphatic rings. The number of sulfone groups is 1. The molecule has 6 nitrogen and oxygen atoms in total. The summed E-state index contributed by atoms with van der Waals surface area (Å²) >= 11 is 1.68. The average Bonchev–Trinajstić information content (AvgIpc) is 3.06. The fourth-order valence-electron chi connectivity index (χ4n) is 2.70. The van der Waals surface area contributed by atoms with Crippen LogP contribution in [-0.2, 0) is 21.7 Å². The van der Waals surface area contributed by atoms with Crippen LogP contribution in [0.1, 0.15) is 43.1 Å². The second-order valence-electron chi connectivity index (χ2n) is 7.90. The van der Waals surface area contributed by atoms with Crippen molar-refractivity contribution in [1.29, 1.82) is 0 Å². The molecule has 0 aliphatic carbocycles. The molecule has 29 heavy (non-hydrogen) atoms. The van der Waals surface area contributed by atoms with Gasteiger partial charge in [0, 0.05) is 30.6 Å². The van der Waals surface area contributed by atoms with Crippen molar-refractivity contribution >= 4 is 27.1 Å². The van der Waals surface area contributed by atoms with Gasteiger partial charge in [-0.2, -0.15) is 0 Å². The van der Waals surface area contributed by atoms with Gasteiger partial charge in [-0.3, -0.25) is 4.99 Å². The van der Waals surface area contributed by atoms with Gasteiger partial charge >= 0.3 is 0 Å². The fraction of sp³-hybridized carbons (Fsp3) is 0.524. The summed E-state index contributed by atoms with van der Waals surface area (Å²) in [6.45, 7) is 12.0. The van der Waals surface area contributed by atoms with Crippen LogP contribution in [0.25, 0.3) is 0 Å². The first-order valence-corrected chi connectivity index (χ1v) is 12.4. The third kappa shape index (κ3) is 7.44. The third-order valence-electron chi connectivity index (χ3n) is 4.35. The Bertz CT molecular complexity index is 911. The zero-order valence-electron chi connectivity index (χ0n) is 17.9. The lowest BCUT2D eigenvalue weighted by Gasteiger charge is -2.19. The molecule has 0 amide bonds. The Balaban J connectivity index is 1.92. The van der Waals surface area contributed by atoms with Crippen LogP contribution < -0.4 is 10.6 Å². The molecule has 0 spiro atoms. The van der Waals surface area contributed by atoms with Gasteiger partial charge in [0.15, 0.2) is 15.8 Å². The lowest BCUT2D eigenvalue weighted by Crippen LogP contribution is -2.38. The van der Waals surface area contributed by atoms with Crippen molar-refractivity contribution in [1.82, 2.24) is 15.6 Å². The van der Waals surface area contributed by atoms with Crippen molar-refractivity contribution in [3.8, 4) is 0 Å². The van der Waals surface area contributed by atoms with E-state index in [-0.39, 0.29) is 17.7 Å². The second-order valence-corrected chi connectivity index (χ2v) is 11.3. The first kappa shape index (κ1) is 23.3. The van der Waals surface area contributed by atoms with E-state index in [2.05, 4.69) is 41.4 Å². The van der Waals surface area contributed by atoms with Crippen LogP contribution in [0.15, 0.2) is 40.4 Å². The van der Waals surface area contributed by atoms with Crippen molar-refractivity contribution in [2.75, 3.05) is 25.4 Å². The Morgan fingerprint density at radius 3 is 2.41 bits per heavy atom. The number of hydrogen-bond donors (Lipinski definition) is 2. The first-order valence-electron chi connectivity index (χ1n) is 9.88. The topological polar surface area (TPSA) is 83.5 Å². The quantitative estimate of drug-likeness (QED) is 0.490. The summed E-state index contributed by atoms with van der Waals surface area (Å²) in [5.41, 5.74) is 1.11. The Morgan fingerprint density at radius 2 is 1.86 bits per heavy atom. The van der Waals surface area contributed by atoms with Gasteiger partial charge in [0.05, 0.1) is 22.2 Å². The summed E-state index contributed by atoms with van der Waals surface area (Å²) in [5.74, 6) is 0.600. The standard InChI is InChI=1S/C21H32N4O2S2/c1-6-22-20(23-12-11-19-25-15-16(2)28-19)24-13-14-29(26,27)18-9-7-17(8-10-18)21(3,4)5/h7-10,15H,6,11-14H2,1-5H3,(H2,22,23,24). The molecule has 0 unspecified atom stereocenters. The number of benzene rings is 1. The molecule has 0 atom stereocenters. The molecular formula is C21H32N4O2S2. The van der Waals surface area contributed by atoms with Gasteiger partial charge in [-0.05, 0) is 37.0 Å². The maximum Gasteiger partial charge on any atom is 0.191 e. The van der Waals surface area contributed by atoms with E-state index in [1.54, 1.807) is 23.5 Å². The van der Waals surface area contributed by atoms with Crippen molar-refractivity contribution < 1.29 is 8.42 Å². The van der Waals surface area contributed by atoms with Gasteiger partial charge in [0.2, 0.25) is 0 Å². The predicted octanol–water partition coefficient (Wildman–Crippen LogP) is 3.32. The first-order chi connectivity index (χ1) is 13.6. The molecule has 1 aromatic carbocycles. The summed E-state index contributed by atoms with van der Waals surface area (Å²) in [5, 5.41) is 7.47. The lowest BCUT2D eigenvalue weighted by molar-refractivity contribution is 0.586. The van der Waals surface area contributed by atoms with E-state index in [0.717, 1.165) is 17.0 Å². The van der Waals surface area contributed by atoms with Crippen LogP contribution in [0.3, 0.4) is 0 Å². The van der Waals surface area contributed by atoms with Crippen LogP contribution in [0.5, 0.6) is 0 Å². The molecule has 0 radical (unpaired) electrons. The van der Waals surface area contributed by atoms with Gasteiger partial charge in [0.25, 0.3) is 0 Å². The highest BCUT2D eigenvalue weighted by atomic mass is 32.2. The van der Waals surface area contributed by atoms with E-state index in [0.29, 0.717) is 23.9 Å². The SMILES string of the molecule is CCNC(=NCCS(=O)(=O)c1ccc(C(C)(C)C)cc1)NCCc1ncc(C)s1. The van der Waals surface area contributed by atoms with Crippen molar-refractivity contribution in [3.05, 3.63) is 45.9 Å². The number of hydrogen-bond acceptors (Lipinski definition) is 5. The van der Waals surface area contributed by atoms with E-state index in [9.17, 15) is 8.42 Å². The number of guanidine groups is 1. The van der Waals surface area contributed by atoms with Gasteiger partial charge in [-0.1, -0.05) is 32.9 Å². The smallest absolute Gasteiger partial charge is 0.191 e. The van der Waals surface area contributed by atoms with Gasteiger partial charge < -0.3 is 10.6 Å². The second kappa shape index (κ2) is 10.2. The van der Waals surface area contributed by atoms with Crippen LogP contribution in [0, 0.1) is 6.92 Å². The summed E-state index contributed by atoms with van der Waals surface area (Å²) in [6, 6.07) is 7.17. The molecule has 0 bridgehead atoms. The van der Waals surface area contributed by atoms with E-state index in [1.165, 1.54) is 4.88 Å². The summed E-state index contributed by atoms with van der Waals surface area (Å²) in [7, 11) is -3.36. The Morgan fingerprint density at radius 1 is 1.17 bits per heavy atom. The molecule has 0 aliphatic heterocycles. The van der Waals surface area contributed by atoms with Crippen LogP contribution >= 0.6 is 11.3 Å². The molecule has 1 heterocycles. The normalized spacial score (nSPS) is 12.8. The van der Waals surface area contributed by atoms with Crippen LogP contribution in [-0.4, -0.2) is 44.7 Å². The summed E-state index contributed by atoms with van der Waals surface area (Å²) in [6.07, 6.45) is 2.68. The highest BCUT2D eigenvalue weighted by molar-refractivity contribution is 7.91. The zero-order chi connectivity index (χ0) is 21.5. The van der Waals surface area contributed by atoms with Crippen LogP contribution in [0.2, 0.25) is 0 Å². The number of aromatic nitrogens is 1. The average molecular weight is 437 g/mol.